The number of urea groups is 1. The zero-order valence-electron chi connectivity index (χ0n) is 12.3. The molecule has 5 rings (SSSR count). The van der Waals surface area contributed by atoms with Gasteiger partial charge >= 0.3 is 6.03 Å². The molecule has 0 N–H and O–H groups in total. The number of hydrogen-bond acceptors (Lipinski definition) is 3. The van der Waals surface area contributed by atoms with Crippen LogP contribution in [0.1, 0.15) is 25.0 Å². The number of anilines is 1. The molecule has 5 heteroatoms. The molecule has 1 saturated carbocycles. The fourth-order valence-corrected chi connectivity index (χ4v) is 4.56. The largest absolute Gasteiger partial charge is 0.459 e. The predicted octanol–water partition coefficient (Wildman–Crippen LogP) is 3.06. The summed E-state index contributed by atoms with van der Waals surface area (Å²) < 4.78 is 5.73. The fraction of sp³-hybridized carbons (Fsp3) is 0.412. The van der Waals surface area contributed by atoms with Crippen LogP contribution in [-0.2, 0) is 4.79 Å². The molecular weight excluding hydrogens is 280 g/mol. The average Bonchev–Trinajstić information content (AvgIpc) is 3.23. The molecule has 1 aliphatic carbocycles. The van der Waals surface area contributed by atoms with E-state index in [1.54, 1.807) is 0 Å². The summed E-state index contributed by atoms with van der Waals surface area (Å²) in [4.78, 5) is 28.9. The van der Waals surface area contributed by atoms with E-state index in [0.29, 0.717) is 22.9 Å². The molecule has 0 radical (unpaired) electrons. The van der Waals surface area contributed by atoms with Gasteiger partial charge in [-0.05, 0) is 44.2 Å². The van der Waals surface area contributed by atoms with Crippen molar-refractivity contribution >= 4 is 28.6 Å². The second kappa shape index (κ2) is 3.91. The molecule has 2 saturated heterocycles. The highest BCUT2D eigenvalue weighted by Crippen LogP contribution is 2.48. The van der Waals surface area contributed by atoms with E-state index in [9.17, 15) is 9.59 Å². The molecule has 22 heavy (non-hydrogen) atoms. The van der Waals surface area contributed by atoms with Gasteiger partial charge in [-0.2, -0.15) is 0 Å². The van der Waals surface area contributed by atoms with Crippen molar-refractivity contribution in [2.75, 3.05) is 4.90 Å². The van der Waals surface area contributed by atoms with E-state index in [0.717, 1.165) is 24.6 Å². The molecule has 3 atom stereocenters. The van der Waals surface area contributed by atoms with Gasteiger partial charge in [0, 0.05) is 11.4 Å². The third kappa shape index (κ3) is 1.30. The minimum Gasteiger partial charge on any atom is -0.459 e. The first-order valence-electron chi connectivity index (χ1n) is 7.81. The van der Waals surface area contributed by atoms with Crippen LogP contribution in [0.3, 0.4) is 0 Å². The van der Waals surface area contributed by atoms with Crippen LogP contribution in [0.2, 0.25) is 0 Å². The number of furan rings is 1. The van der Waals surface area contributed by atoms with E-state index >= 15 is 0 Å². The SMILES string of the molecule is Cc1oc2ccccc2c1N1C(=O)[C@@H]2[C@@H]3CC[C@@H](C3)N2C1=O. The summed E-state index contributed by atoms with van der Waals surface area (Å²) in [6.07, 6.45) is 3.07. The van der Waals surface area contributed by atoms with E-state index in [2.05, 4.69) is 0 Å². The molecule has 3 heterocycles. The van der Waals surface area contributed by atoms with E-state index in [-0.39, 0.29) is 24.0 Å². The highest BCUT2D eigenvalue weighted by atomic mass is 16.3. The third-order valence-corrected chi connectivity index (χ3v) is 5.43. The minimum absolute atomic E-state index is 0.0770. The van der Waals surface area contributed by atoms with Crippen molar-refractivity contribution in [3.05, 3.63) is 30.0 Å². The lowest BCUT2D eigenvalue weighted by Gasteiger charge is -2.25. The van der Waals surface area contributed by atoms with Gasteiger partial charge in [0.15, 0.2) is 0 Å². The standard InChI is InChI=1S/C17H16N2O3/c1-9-14(12-4-2-3-5-13(12)22-9)19-16(20)15-10-6-7-11(8-10)18(15)17(19)21/h2-5,10-11,15H,6-8H2,1H3/t10-,11+,15+/m1/s1. The minimum atomic E-state index is -0.251. The van der Waals surface area contributed by atoms with E-state index in [1.165, 1.54) is 4.90 Å². The first kappa shape index (κ1) is 12.3. The van der Waals surface area contributed by atoms with Crippen molar-refractivity contribution in [3.8, 4) is 0 Å². The Morgan fingerprint density at radius 3 is 2.82 bits per heavy atom. The van der Waals surface area contributed by atoms with Crippen molar-refractivity contribution in [3.63, 3.8) is 0 Å². The van der Waals surface area contributed by atoms with Gasteiger partial charge in [-0.3, -0.25) is 4.79 Å². The Morgan fingerprint density at radius 1 is 1.18 bits per heavy atom. The second-order valence-electron chi connectivity index (χ2n) is 6.54. The Bertz CT molecular complexity index is 796. The number of imide groups is 1. The summed E-state index contributed by atoms with van der Waals surface area (Å²) in [6.45, 7) is 1.81. The smallest absolute Gasteiger partial charge is 0.332 e. The topological polar surface area (TPSA) is 53.8 Å². The Morgan fingerprint density at radius 2 is 2.00 bits per heavy atom. The Kier molecular flexibility index (Phi) is 2.18. The van der Waals surface area contributed by atoms with Crippen LogP contribution in [0.4, 0.5) is 10.5 Å². The van der Waals surface area contributed by atoms with E-state index in [1.807, 2.05) is 36.1 Å². The number of nitrogens with zero attached hydrogens (tertiary/aromatic N) is 2. The van der Waals surface area contributed by atoms with Gasteiger partial charge in [0.1, 0.15) is 23.1 Å². The monoisotopic (exact) mass is 296 g/mol. The molecular formula is C17H16N2O3. The predicted molar refractivity (Wildman–Crippen MR) is 80.6 cm³/mol. The first-order valence-corrected chi connectivity index (χ1v) is 7.81. The average molecular weight is 296 g/mol. The number of carbonyl (C=O) groups excluding carboxylic acids is 2. The lowest BCUT2D eigenvalue weighted by atomic mass is 9.99. The van der Waals surface area contributed by atoms with Crippen molar-refractivity contribution in [1.82, 2.24) is 4.90 Å². The van der Waals surface area contributed by atoms with Crippen molar-refractivity contribution < 1.29 is 14.0 Å². The summed E-state index contributed by atoms with van der Waals surface area (Å²) in [7, 11) is 0. The lowest BCUT2D eigenvalue weighted by Crippen LogP contribution is -2.40. The summed E-state index contributed by atoms with van der Waals surface area (Å²) in [5.74, 6) is 0.883. The summed E-state index contributed by atoms with van der Waals surface area (Å²) >= 11 is 0. The molecule has 2 aromatic rings. The number of fused-ring (bicyclic) bond motifs is 6. The molecule has 0 unspecified atom stereocenters. The summed E-state index contributed by atoms with van der Waals surface area (Å²) in [5.41, 5.74) is 1.34. The van der Waals surface area contributed by atoms with Gasteiger partial charge < -0.3 is 9.32 Å². The third-order valence-electron chi connectivity index (χ3n) is 5.43. The maximum absolute atomic E-state index is 12.9. The van der Waals surface area contributed by atoms with Crippen LogP contribution in [0.5, 0.6) is 0 Å². The lowest BCUT2D eigenvalue weighted by molar-refractivity contribution is -0.120. The quantitative estimate of drug-likeness (QED) is 0.760. The molecule has 0 spiro atoms. The normalized spacial score (nSPS) is 30.0. The van der Waals surface area contributed by atoms with Gasteiger partial charge in [0.2, 0.25) is 0 Å². The summed E-state index contributed by atoms with van der Waals surface area (Å²) in [6, 6.07) is 7.38. The van der Waals surface area contributed by atoms with Gasteiger partial charge in [-0.15, -0.1) is 0 Å². The fourth-order valence-electron chi connectivity index (χ4n) is 4.56. The molecule has 2 aliphatic heterocycles. The number of carbonyl (C=O) groups is 2. The molecule has 112 valence electrons. The maximum Gasteiger partial charge on any atom is 0.332 e. The van der Waals surface area contributed by atoms with Crippen molar-refractivity contribution in [1.29, 1.82) is 0 Å². The number of amides is 3. The van der Waals surface area contributed by atoms with Crippen LogP contribution >= 0.6 is 0 Å². The Hall–Kier alpha value is -2.30. The Balaban J connectivity index is 1.68. The summed E-state index contributed by atoms with van der Waals surface area (Å²) in [5, 5.41) is 0.829. The molecule has 1 aromatic heterocycles. The zero-order valence-corrected chi connectivity index (χ0v) is 12.3. The number of benzene rings is 1. The number of para-hydroxylation sites is 1. The number of aryl methyl sites for hydroxylation is 1. The molecule has 2 bridgehead atoms. The van der Waals surface area contributed by atoms with Crippen LogP contribution in [-0.4, -0.2) is 28.9 Å². The number of rotatable bonds is 1. The number of piperidine rings is 1. The number of hydrogen-bond donors (Lipinski definition) is 0. The van der Waals surface area contributed by atoms with Crippen LogP contribution < -0.4 is 4.90 Å². The van der Waals surface area contributed by atoms with Gasteiger partial charge in [-0.1, -0.05) is 12.1 Å². The maximum atomic E-state index is 12.9. The van der Waals surface area contributed by atoms with Crippen LogP contribution in [0.15, 0.2) is 28.7 Å². The van der Waals surface area contributed by atoms with Gasteiger partial charge in [-0.25, -0.2) is 9.69 Å². The second-order valence-corrected chi connectivity index (χ2v) is 6.54. The Labute approximate surface area is 127 Å². The molecule has 1 aromatic carbocycles. The molecule has 3 aliphatic rings. The van der Waals surface area contributed by atoms with Gasteiger partial charge in [0.05, 0.1) is 0 Å². The van der Waals surface area contributed by atoms with Crippen molar-refractivity contribution in [2.45, 2.75) is 38.3 Å². The molecule has 5 nitrogen and oxygen atoms in total. The van der Waals surface area contributed by atoms with Crippen LogP contribution in [0, 0.1) is 12.8 Å². The van der Waals surface area contributed by atoms with E-state index in [4.69, 9.17) is 4.42 Å². The molecule has 3 amide bonds. The van der Waals surface area contributed by atoms with Crippen molar-refractivity contribution in [2.24, 2.45) is 5.92 Å². The van der Waals surface area contributed by atoms with Gasteiger partial charge in [0.25, 0.3) is 5.91 Å². The zero-order chi connectivity index (χ0) is 15.0. The highest BCUT2D eigenvalue weighted by molar-refractivity contribution is 6.25. The van der Waals surface area contributed by atoms with E-state index < -0.39 is 0 Å². The molecule has 3 fully saturated rings. The highest BCUT2D eigenvalue weighted by Gasteiger charge is 2.59. The first-order chi connectivity index (χ1) is 10.7. The van der Waals surface area contributed by atoms with Crippen LogP contribution in [0.25, 0.3) is 11.0 Å².